The van der Waals surface area contributed by atoms with Gasteiger partial charge in [-0.3, -0.25) is 5.10 Å². The van der Waals surface area contributed by atoms with Crippen LogP contribution >= 0.6 is 0 Å². The van der Waals surface area contributed by atoms with E-state index in [0.717, 1.165) is 11.3 Å². The summed E-state index contributed by atoms with van der Waals surface area (Å²) in [5, 5.41) is 13.3. The maximum absolute atomic E-state index is 13.0. The summed E-state index contributed by atoms with van der Waals surface area (Å²) in [4.78, 5) is 13.0. The average molecular weight is 455 g/mol. The summed E-state index contributed by atoms with van der Waals surface area (Å²) in [6.45, 7) is 4.20. The van der Waals surface area contributed by atoms with Gasteiger partial charge in [-0.2, -0.15) is 5.10 Å². The number of benzene rings is 2. The molecule has 2 aromatic carbocycles. The molecular formula is C24H30N4O5. The molecule has 33 heavy (non-hydrogen) atoms. The van der Waals surface area contributed by atoms with Crippen LogP contribution in [0.1, 0.15) is 19.5 Å². The van der Waals surface area contributed by atoms with Crippen molar-refractivity contribution in [1.29, 1.82) is 0 Å². The fourth-order valence-corrected chi connectivity index (χ4v) is 3.43. The van der Waals surface area contributed by atoms with Crippen LogP contribution in [-0.2, 0) is 6.42 Å². The third kappa shape index (κ3) is 5.49. The third-order valence-corrected chi connectivity index (χ3v) is 5.01. The fraction of sp³-hybridized carbons (Fsp3) is 0.333. The summed E-state index contributed by atoms with van der Waals surface area (Å²) in [7, 11) is 6.26. The molecule has 0 radical (unpaired) electrons. The largest absolute Gasteiger partial charge is 0.497 e. The number of urea groups is 1. The minimum absolute atomic E-state index is 0.356. The van der Waals surface area contributed by atoms with Gasteiger partial charge in [0.15, 0.2) is 11.5 Å². The fourth-order valence-electron chi connectivity index (χ4n) is 3.43. The van der Waals surface area contributed by atoms with Gasteiger partial charge in [0, 0.05) is 11.6 Å². The molecule has 0 aliphatic heterocycles. The van der Waals surface area contributed by atoms with E-state index in [1.807, 2.05) is 12.1 Å². The summed E-state index contributed by atoms with van der Waals surface area (Å²) in [5.74, 6) is 2.65. The average Bonchev–Trinajstić information content (AvgIpc) is 3.19. The second kappa shape index (κ2) is 10.6. The molecule has 0 spiro atoms. The predicted molar refractivity (Wildman–Crippen MR) is 128 cm³/mol. The molecule has 2 amide bonds. The van der Waals surface area contributed by atoms with Gasteiger partial charge in [-0.1, -0.05) is 13.8 Å². The Bertz CT molecular complexity index is 1110. The lowest BCUT2D eigenvalue weighted by atomic mass is 10.0. The summed E-state index contributed by atoms with van der Waals surface area (Å²) in [6, 6.07) is 10.2. The Hall–Kier alpha value is -3.88. The van der Waals surface area contributed by atoms with E-state index in [2.05, 4.69) is 34.7 Å². The number of methoxy groups -OCH3 is 4. The van der Waals surface area contributed by atoms with Gasteiger partial charge in [-0.15, -0.1) is 0 Å². The standard InChI is InChI=1S/C24H30N4O5/c1-14(2)11-18-23(22(28-27-18)15-7-10-19(31-4)21(12-15)33-6)26-24(29)25-17-9-8-16(30-3)13-20(17)32-5/h7-10,12-14H,11H2,1-6H3,(H,27,28)(H2,25,26,29). The maximum atomic E-state index is 13.0. The van der Waals surface area contributed by atoms with E-state index < -0.39 is 6.03 Å². The van der Waals surface area contributed by atoms with E-state index in [-0.39, 0.29) is 0 Å². The van der Waals surface area contributed by atoms with Crippen LogP contribution in [0, 0.1) is 5.92 Å². The summed E-state index contributed by atoms with van der Waals surface area (Å²) < 4.78 is 21.3. The Balaban J connectivity index is 1.93. The van der Waals surface area contributed by atoms with Gasteiger partial charge in [0.1, 0.15) is 17.2 Å². The van der Waals surface area contributed by atoms with Crippen molar-refractivity contribution in [2.45, 2.75) is 20.3 Å². The Morgan fingerprint density at radius 2 is 1.64 bits per heavy atom. The Morgan fingerprint density at radius 1 is 0.909 bits per heavy atom. The van der Waals surface area contributed by atoms with Crippen molar-refractivity contribution in [3.05, 3.63) is 42.1 Å². The maximum Gasteiger partial charge on any atom is 0.323 e. The van der Waals surface area contributed by atoms with Gasteiger partial charge in [0.05, 0.1) is 45.5 Å². The highest BCUT2D eigenvalue weighted by molar-refractivity contribution is 6.03. The van der Waals surface area contributed by atoms with Gasteiger partial charge >= 0.3 is 6.03 Å². The van der Waals surface area contributed by atoms with Gasteiger partial charge in [0.2, 0.25) is 0 Å². The molecule has 3 aromatic rings. The van der Waals surface area contributed by atoms with Crippen molar-refractivity contribution in [1.82, 2.24) is 10.2 Å². The predicted octanol–water partition coefficient (Wildman–Crippen LogP) is 4.95. The minimum atomic E-state index is -0.424. The molecule has 0 bridgehead atoms. The molecule has 1 heterocycles. The highest BCUT2D eigenvalue weighted by Gasteiger charge is 2.20. The monoisotopic (exact) mass is 454 g/mol. The lowest BCUT2D eigenvalue weighted by Gasteiger charge is -2.14. The molecule has 0 aliphatic rings. The van der Waals surface area contributed by atoms with Gasteiger partial charge in [-0.25, -0.2) is 4.79 Å². The number of hydrogen-bond donors (Lipinski definition) is 3. The first-order valence-corrected chi connectivity index (χ1v) is 10.5. The molecule has 0 aliphatic carbocycles. The van der Waals surface area contributed by atoms with Gasteiger partial charge in [0.25, 0.3) is 0 Å². The summed E-state index contributed by atoms with van der Waals surface area (Å²) in [6.07, 6.45) is 0.710. The van der Waals surface area contributed by atoms with Crippen LogP contribution in [-0.4, -0.2) is 44.7 Å². The molecular weight excluding hydrogens is 424 g/mol. The molecule has 176 valence electrons. The van der Waals surface area contributed by atoms with E-state index in [0.29, 0.717) is 52.4 Å². The molecule has 0 unspecified atom stereocenters. The molecule has 9 nitrogen and oxygen atoms in total. The number of carbonyl (C=O) groups excluding carboxylic acids is 1. The number of carbonyl (C=O) groups is 1. The van der Waals surface area contributed by atoms with Crippen molar-refractivity contribution in [2.75, 3.05) is 39.1 Å². The number of rotatable bonds is 9. The summed E-state index contributed by atoms with van der Waals surface area (Å²) in [5.41, 5.74) is 3.31. The van der Waals surface area contributed by atoms with Crippen molar-refractivity contribution >= 4 is 17.4 Å². The van der Waals surface area contributed by atoms with Crippen LogP contribution < -0.4 is 29.6 Å². The van der Waals surface area contributed by atoms with Crippen LogP contribution in [0.4, 0.5) is 16.2 Å². The number of amides is 2. The number of H-pyrrole nitrogens is 1. The molecule has 0 atom stereocenters. The van der Waals surface area contributed by atoms with Crippen LogP contribution in [0.2, 0.25) is 0 Å². The highest BCUT2D eigenvalue weighted by Crippen LogP contribution is 2.36. The number of nitrogens with one attached hydrogen (secondary N) is 3. The number of ether oxygens (including phenoxy) is 4. The smallest absolute Gasteiger partial charge is 0.323 e. The second-order valence-corrected chi connectivity index (χ2v) is 7.74. The van der Waals surface area contributed by atoms with Crippen molar-refractivity contribution in [3.8, 4) is 34.3 Å². The van der Waals surface area contributed by atoms with Gasteiger partial charge < -0.3 is 29.6 Å². The van der Waals surface area contributed by atoms with Crippen molar-refractivity contribution < 1.29 is 23.7 Å². The van der Waals surface area contributed by atoms with Crippen molar-refractivity contribution in [2.24, 2.45) is 5.92 Å². The third-order valence-electron chi connectivity index (χ3n) is 5.01. The second-order valence-electron chi connectivity index (χ2n) is 7.74. The van der Waals surface area contributed by atoms with E-state index in [4.69, 9.17) is 18.9 Å². The number of anilines is 2. The highest BCUT2D eigenvalue weighted by atomic mass is 16.5. The van der Waals surface area contributed by atoms with Crippen molar-refractivity contribution in [3.63, 3.8) is 0 Å². The van der Waals surface area contributed by atoms with Crippen LogP contribution in [0.15, 0.2) is 36.4 Å². The topological polar surface area (TPSA) is 107 Å². The molecule has 3 N–H and O–H groups in total. The Labute approximate surface area is 193 Å². The lowest BCUT2D eigenvalue weighted by molar-refractivity contribution is 0.262. The normalized spacial score (nSPS) is 10.6. The van der Waals surface area contributed by atoms with Gasteiger partial charge in [-0.05, 0) is 42.7 Å². The first-order valence-electron chi connectivity index (χ1n) is 10.5. The number of aromatic amines is 1. The first-order chi connectivity index (χ1) is 15.9. The minimum Gasteiger partial charge on any atom is -0.497 e. The SMILES string of the molecule is COc1ccc(NC(=O)Nc2c(-c3ccc(OC)c(OC)c3)n[nH]c2CC(C)C)c(OC)c1. The van der Waals surface area contributed by atoms with Crippen LogP contribution in [0.25, 0.3) is 11.3 Å². The zero-order valence-electron chi connectivity index (χ0n) is 19.7. The van der Waals surface area contributed by atoms with E-state index in [1.165, 1.54) is 7.11 Å². The number of nitrogens with zero attached hydrogens (tertiary/aromatic N) is 1. The molecule has 9 heteroatoms. The lowest BCUT2D eigenvalue weighted by Crippen LogP contribution is -2.21. The zero-order chi connectivity index (χ0) is 24.0. The Morgan fingerprint density at radius 3 is 2.27 bits per heavy atom. The summed E-state index contributed by atoms with van der Waals surface area (Å²) >= 11 is 0. The van der Waals surface area contributed by atoms with E-state index >= 15 is 0 Å². The molecule has 3 rings (SSSR count). The van der Waals surface area contributed by atoms with Crippen LogP contribution in [0.3, 0.4) is 0 Å². The quantitative estimate of drug-likeness (QED) is 0.422. The molecule has 0 fully saturated rings. The molecule has 0 saturated carbocycles. The van der Waals surface area contributed by atoms with E-state index in [1.54, 1.807) is 45.6 Å². The Kier molecular flexibility index (Phi) is 7.66. The zero-order valence-corrected chi connectivity index (χ0v) is 19.7. The molecule has 1 aromatic heterocycles. The number of hydrogen-bond acceptors (Lipinski definition) is 6. The van der Waals surface area contributed by atoms with E-state index in [9.17, 15) is 4.79 Å². The first kappa shape index (κ1) is 23.8. The van der Waals surface area contributed by atoms with Crippen LogP contribution in [0.5, 0.6) is 23.0 Å². The molecule has 0 saturated heterocycles. The number of aromatic nitrogens is 2.